The molecule has 0 unspecified atom stereocenters. The molecule has 3 aliphatic rings. The smallest absolute Gasteiger partial charge is 0.342 e. The molecule has 4 heterocycles. The monoisotopic (exact) mass is 556 g/mol. The maximum Gasteiger partial charge on any atom is 0.342 e. The summed E-state index contributed by atoms with van der Waals surface area (Å²) in [6, 6.07) is 10.8. The zero-order valence-corrected chi connectivity index (χ0v) is 23.9. The summed E-state index contributed by atoms with van der Waals surface area (Å²) >= 11 is 0. The first kappa shape index (κ1) is 27.2. The molecule has 9 heteroatoms. The zero-order valence-electron chi connectivity index (χ0n) is 23.9. The Morgan fingerprint density at radius 3 is 2.78 bits per heavy atom. The third kappa shape index (κ3) is 5.39. The number of aromatic carboxylic acids is 1. The predicted molar refractivity (Wildman–Crippen MR) is 154 cm³/mol. The van der Waals surface area contributed by atoms with E-state index in [1.807, 2.05) is 12.1 Å². The Balaban J connectivity index is 1.21. The molecule has 2 aliphatic heterocycles. The van der Waals surface area contributed by atoms with Crippen LogP contribution in [0.5, 0.6) is 5.88 Å². The van der Waals surface area contributed by atoms with Gasteiger partial charge in [0.15, 0.2) is 5.82 Å². The van der Waals surface area contributed by atoms with Gasteiger partial charge in [-0.25, -0.2) is 9.78 Å². The number of carbonyl (C=O) groups is 1. The van der Waals surface area contributed by atoms with Crippen LogP contribution >= 0.6 is 0 Å². The van der Waals surface area contributed by atoms with E-state index in [1.54, 1.807) is 6.07 Å². The van der Waals surface area contributed by atoms with Crippen LogP contribution in [0.15, 0.2) is 53.9 Å². The van der Waals surface area contributed by atoms with Crippen molar-refractivity contribution in [3.8, 4) is 11.7 Å². The van der Waals surface area contributed by atoms with Crippen molar-refractivity contribution in [1.29, 1.82) is 0 Å². The van der Waals surface area contributed by atoms with Gasteiger partial charge in [-0.2, -0.15) is 9.78 Å². The van der Waals surface area contributed by atoms with Crippen molar-refractivity contribution in [3.63, 3.8) is 0 Å². The molecule has 0 amide bonds. The molecule has 0 saturated carbocycles. The van der Waals surface area contributed by atoms with Gasteiger partial charge in [-0.3, -0.25) is 4.90 Å². The number of pyridine rings is 1. The lowest BCUT2D eigenvalue weighted by Gasteiger charge is -2.30. The first-order valence-corrected chi connectivity index (χ1v) is 14.2. The number of allylic oxidation sites excluding steroid dienone is 3. The summed E-state index contributed by atoms with van der Waals surface area (Å²) in [6.45, 7) is 8.51. The van der Waals surface area contributed by atoms with Crippen LogP contribution < -0.4 is 4.74 Å². The fourth-order valence-electron chi connectivity index (χ4n) is 6.19. The lowest BCUT2D eigenvalue weighted by Crippen LogP contribution is -2.35. The van der Waals surface area contributed by atoms with Gasteiger partial charge < -0.3 is 19.3 Å². The lowest BCUT2D eigenvalue weighted by atomic mass is 9.95. The van der Waals surface area contributed by atoms with Crippen LogP contribution in [-0.2, 0) is 29.2 Å². The molecule has 1 saturated heterocycles. The normalized spacial score (nSPS) is 17.9. The molecule has 0 spiro atoms. The number of hydrogen-bond acceptors (Lipinski definition) is 7. The molecule has 0 atom stereocenters. The summed E-state index contributed by atoms with van der Waals surface area (Å²) in [4.78, 5) is 19.0. The topological polar surface area (TPSA) is 98.9 Å². The minimum atomic E-state index is -1.11. The molecule has 214 valence electrons. The van der Waals surface area contributed by atoms with E-state index in [-0.39, 0.29) is 11.4 Å². The van der Waals surface area contributed by atoms with E-state index < -0.39 is 5.97 Å². The fourth-order valence-corrected chi connectivity index (χ4v) is 6.19. The molecule has 6 rings (SSSR count). The summed E-state index contributed by atoms with van der Waals surface area (Å²) < 4.78 is 18.9. The zero-order chi connectivity index (χ0) is 28.5. The number of carboxylic acids is 1. The Morgan fingerprint density at radius 2 is 2.00 bits per heavy atom. The van der Waals surface area contributed by atoms with Crippen molar-refractivity contribution in [2.75, 3.05) is 20.3 Å². The maximum absolute atomic E-state index is 11.6. The second kappa shape index (κ2) is 11.5. The summed E-state index contributed by atoms with van der Waals surface area (Å²) in [7, 11) is 1.43. The molecular weight excluding hydrogens is 520 g/mol. The first-order valence-electron chi connectivity index (χ1n) is 14.2. The van der Waals surface area contributed by atoms with E-state index in [0.29, 0.717) is 18.5 Å². The van der Waals surface area contributed by atoms with Crippen molar-refractivity contribution < 1.29 is 24.1 Å². The quantitative estimate of drug-likeness (QED) is 0.391. The highest BCUT2D eigenvalue weighted by Crippen LogP contribution is 2.35. The highest BCUT2D eigenvalue weighted by atomic mass is 16.5. The van der Waals surface area contributed by atoms with E-state index in [2.05, 4.69) is 42.1 Å². The Bertz CT molecular complexity index is 1530. The van der Waals surface area contributed by atoms with Gasteiger partial charge in [0.25, 0.3) is 0 Å². The van der Waals surface area contributed by atoms with Crippen molar-refractivity contribution in [2.24, 2.45) is 0 Å². The molecule has 9 nitrogen and oxygen atoms in total. The van der Waals surface area contributed by atoms with Crippen LogP contribution in [-0.4, -0.2) is 57.1 Å². The van der Waals surface area contributed by atoms with E-state index >= 15 is 0 Å². The molecule has 3 aromatic rings. The number of aromatic nitrogens is 3. The number of carboxylic acid groups (broad SMARTS) is 1. The van der Waals surface area contributed by atoms with Gasteiger partial charge in [-0.1, -0.05) is 24.3 Å². The van der Waals surface area contributed by atoms with Crippen molar-refractivity contribution in [3.05, 3.63) is 87.4 Å². The minimum Gasteiger partial charge on any atom is -0.488 e. The van der Waals surface area contributed by atoms with Crippen molar-refractivity contribution in [2.45, 2.75) is 65.3 Å². The van der Waals surface area contributed by atoms with Crippen LogP contribution in [0, 0.1) is 6.92 Å². The van der Waals surface area contributed by atoms with Gasteiger partial charge in [-0.15, -0.1) is 0 Å². The second-order valence-corrected chi connectivity index (χ2v) is 11.0. The van der Waals surface area contributed by atoms with Crippen LogP contribution in [0.25, 0.3) is 11.4 Å². The van der Waals surface area contributed by atoms with E-state index in [1.165, 1.54) is 45.8 Å². The second-order valence-electron chi connectivity index (χ2n) is 11.0. The van der Waals surface area contributed by atoms with Gasteiger partial charge >= 0.3 is 5.97 Å². The first-order chi connectivity index (χ1) is 19.9. The third-order valence-electron chi connectivity index (χ3n) is 8.33. The van der Waals surface area contributed by atoms with Crippen molar-refractivity contribution >= 4 is 11.5 Å². The van der Waals surface area contributed by atoms with Crippen LogP contribution in [0.4, 0.5) is 0 Å². The van der Waals surface area contributed by atoms with E-state index in [4.69, 9.17) is 19.2 Å². The lowest BCUT2D eigenvalue weighted by molar-refractivity contribution is 0.0325. The number of nitrogens with zero attached hydrogens (tertiary/aromatic N) is 4. The summed E-state index contributed by atoms with van der Waals surface area (Å²) in [6.07, 6.45) is 7.47. The number of ether oxygens (including phenoxy) is 3. The van der Waals surface area contributed by atoms with E-state index in [9.17, 15) is 9.90 Å². The van der Waals surface area contributed by atoms with Crippen LogP contribution in [0.3, 0.4) is 0 Å². The fraction of sp³-hybridized carbons (Fsp3) is 0.406. The molecular formula is C32H36N4O5. The van der Waals surface area contributed by atoms with Crippen molar-refractivity contribution in [1.82, 2.24) is 19.7 Å². The van der Waals surface area contributed by atoms with Gasteiger partial charge in [0, 0.05) is 37.9 Å². The largest absolute Gasteiger partial charge is 0.488 e. The molecule has 41 heavy (non-hydrogen) atoms. The predicted octanol–water partition coefficient (Wildman–Crippen LogP) is 5.45. The SMILES string of the molecule is COc1c(C(=O)O)cnn1-c1cccc(C2=CCCC(C)=C2OCc2cc(C)c3c(c2)CN(C2CCOCC2)C3)n1. The molecule has 1 N–H and O–H groups in total. The highest BCUT2D eigenvalue weighted by molar-refractivity contribution is 5.90. The number of rotatable bonds is 8. The molecule has 0 bridgehead atoms. The van der Waals surface area contributed by atoms with Gasteiger partial charge in [-0.05, 0) is 79.5 Å². The molecule has 1 aliphatic carbocycles. The van der Waals surface area contributed by atoms with Gasteiger partial charge in [0.1, 0.15) is 17.9 Å². The molecule has 2 aromatic heterocycles. The minimum absolute atomic E-state index is 0.0168. The van der Waals surface area contributed by atoms with Gasteiger partial charge in [0.2, 0.25) is 5.88 Å². The number of fused-ring (bicyclic) bond motifs is 1. The Morgan fingerprint density at radius 1 is 1.17 bits per heavy atom. The summed E-state index contributed by atoms with van der Waals surface area (Å²) in [5.41, 5.74) is 8.19. The van der Waals surface area contributed by atoms with Crippen LogP contribution in [0.1, 0.15) is 70.9 Å². The number of hydrogen-bond donors (Lipinski definition) is 1. The Hall–Kier alpha value is -3.95. The average molecular weight is 557 g/mol. The number of methoxy groups -OCH3 is 1. The summed E-state index contributed by atoms with van der Waals surface area (Å²) in [5, 5.41) is 13.7. The number of aryl methyl sites for hydroxylation is 1. The standard InChI is InChI=1S/C32H36N4O5/c1-20-6-4-7-25(28-8-5-9-29(34-28)36-31(39-3)26(16-33-36)32(37)38)30(20)41-19-22-14-21(2)27-18-35(17-23(27)15-22)24-10-12-40-13-11-24/h5,7-9,14-16,24H,4,6,10-13,17-19H2,1-3H3,(H,37,38). The molecule has 1 fully saturated rings. The average Bonchev–Trinajstić information content (AvgIpc) is 3.62. The van der Waals surface area contributed by atoms with Crippen LogP contribution in [0.2, 0.25) is 0 Å². The van der Waals surface area contributed by atoms with E-state index in [0.717, 1.165) is 69.0 Å². The maximum atomic E-state index is 11.6. The molecule has 1 aromatic carbocycles. The number of benzene rings is 1. The Labute approximate surface area is 240 Å². The molecule has 0 radical (unpaired) electrons. The third-order valence-corrected chi connectivity index (χ3v) is 8.33. The van der Waals surface area contributed by atoms with Gasteiger partial charge in [0.05, 0.1) is 19.0 Å². The highest BCUT2D eigenvalue weighted by Gasteiger charge is 2.29. The summed E-state index contributed by atoms with van der Waals surface area (Å²) in [5.74, 6) is 0.345. The Kier molecular flexibility index (Phi) is 7.64.